The van der Waals surface area contributed by atoms with Crippen LogP contribution >= 0.6 is 7.44 Å². The average molecular weight is 426 g/mol. The second kappa shape index (κ2) is 15.2. The molecule has 7 nitrogen and oxygen atoms in total. The fourth-order valence-electron chi connectivity index (χ4n) is 2.59. The zero-order valence-electron chi connectivity index (χ0n) is 18.1. The van der Waals surface area contributed by atoms with Gasteiger partial charge in [-0.05, 0) is 26.0 Å². The highest BCUT2D eigenvalue weighted by atomic mass is 31.2. The van der Waals surface area contributed by atoms with E-state index in [1.54, 1.807) is 44.5 Å². The maximum absolute atomic E-state index is 13.8. The molecule has 0 rings (SSSR count). The monoisotopic (exact) mass is 426 g/mol. The maximum Gasteiger partial charge on any atom is 0.214 e. The number of carbonyl (C=O) groups is 4. The summed E-state index contributed by atoms with van der Waals surface area (Å²) in [6.45, 7) is 7.25. The normalized spacial score (nSPS) is 13.8. The second-order valence-electron chi connectivity index (χ2n) is 6.68. The molecule has 1 unspecified atom stereocenters. The van der Waals surface area contributed by atoms with Crippen molar-refractivity contribution in [3.8, 4) is 0 Å². The van der Waals surface area contributed by atoms with Gasteiger partial charge >= 0.3 is 0 Å². The third kappa shape index (κ3) is 11.8. The summed E-state index contributed by atoms with van der Waals surface area (Å²) in [6, 6.07) is 0. The van der Waals surface area contributed by atoms with Crippen molar-refractivity contribution in [3.05, 3.63) is 24.3 Å². The van der Waals surface area contributed by atoms with Crippen molar-refractivity contribution in [2.24, 2.45) is 0 Å². The summed E-state index contributed by atoms with van der Waals surface area (Å²) in [5, 5.41) is 2.84. The third-order valence-electron chi connectivity index (χ3n) is 4.41. The average Bonchev–Trinajstić information content (AvgIpc) is 2.70. The summed E-state index contributed by atoms with van der Waals surface area (Å²) in [7, 11) is -3.35. The molecule has 0 aromatic carbocycles. The number of carbonyl (C=O) groups excluding carboxylic acids is 4. The van der Waals surface area contributed by atoms with E-state index in [9.17, 15) is 23.7 Å². The molecule has 0 saturated heterocycles. The molecule has 8 heteroatoms. The van der Waals surface area contributed by atoms with E-state index in [1.165, 1.54) is 12.2 Å². The van der Waals surface area contributed by atoms with E-state index in [0.717, 1.165) is 0 Å². The molecule has 0 aromatic heterocycles. The maximum atomic E-state index is 13.8. The lowest BCUT2D eigenvalue weighted by Crippen LogP contribution is -2.35. The fourth-order valence-corrected chi connectivity index (χ4v) is 5.01. The lowest BCUT2D eigenvalue weighted by molar-refractivity contribution is -0.119. The Bertz CT molecular complexity index is 618. The predicted molar refractivity (Wildman–Crippen MR) is 116 cm³/mol. The van der Waals surface area contributed by atoms with Crippen molar-refractivity contribution in [1.29, 1.82) is 0 Å². The smallest absolute Gasteiger partial charge is 0.214 e. The predicted octanol–water partition coefficient (Wildman–Crippen LogP) is 3.49. The number of Topliss-reactive ketones (excluding diaryl/α,β-unsaturated/α-hetero) is 2. The van der Waals surface area contributed by atoms with Gasteiger partial charge in [-0.25, -0.2) is 9.76 Å². The molecule has 1 N–H and O–H groups in total. The first kappa shape index (κ1) is 27.3. The van der Waals surface area contributed by atoms with Gasteiger partial charge in [-0.15, -0.1) is 0 Å². The number of nitrogens with zero attached hydrogens (tertiary/aromatic N) is 1. The van der Waals surface area contributed by atoms with Crippen LogP contribution in [0.4, 0.5) is 0 Å². The van der Waals surface area contributed by atoms with Gasteiger partial charge in [0.15, 0.2) is 11.6 Å². The minimum absolute atomic E-state index is 0.0263. The molecule has 0 spiro atoms. The number of allylic oxidation sites excluding steroid dienone is 3. The van der Waals surface area contributed by atoms with E-state index in [0.29, 0.717) is 12.8 Å². The molecule has 0 fully saturated rings. The van der Waals surface area contributed by atoms with Gasteiger partial charge in [-0.1, -0.05) is 26.0 Å². The molecule has 0 aliphatic heterocycles. The van der Waals surface area contributed by atoms with Crippen LogP contribution in [0.5, 0.6) is 0 Å². The Hall–Kier alpha value is -1.69. The summed E-state index contributed by atoms with van der Waals surface area (Å²) in [6.07, 6.45) is 7.25. The van der Waals surface area contributed by atoms with Gasteiger partial charge in [0, 0.05) is 51.4 Å². The molecule has 0 aliphatic carbocycles. The highest BCUT2D eigenvalue weighted by molar-refractivity contribution is 7.59. The molecule has 0 aromatic rings. The highest BCUT2D eigenvalue weighted by Gasteiger charge is 2.31. The quantitative estimate of drug-likeness (QED) is 0.281. The molecule has 0 saturated carbocycles. The van der Waals surface area contributed by atoms with Crippen LogP contribution in [0.15, 0.2) is 24.3 Å². The number of nitrogens with one attached hydrogen (secondary N) is 1. The van der Waals surface area contributed by atoms with Crippen LogP contribution in [0.2, 0.25) is 0 Å². The molecule has 0 radical (unpaired) electrons. The number of ketones is 4. The topological polar surface area (TPSA) is 101 Å². The van der Waals surface area contributed by atoms with Crippen molar-refractivity contribution >= 4 is 30.6 Å². The molecule has 0 aliphatic rings. The van der Waals surface area contributed by atoms with Gasteiger partial charge in [0.05, 0.1) is 6.54 Å². The van der Waals surface area contributed by atoms with Crippen LogP contribution in [-0.2, 0) is 23.7 Å². The Morgan fingerprint density at radius 2 is 1.31 bits per heavy atom. The molecule has 1 atom stereocenters. The number of hydrogen-bond acceptors (Lipinski definition) is 5. The van der Waals surface area contributed by atoms with Crippen molar-refractivity contribution in [2.75, 3.05) is 25.8 Å². The van der Waals surface area contributed by atoms with Gasteiger partial charge < -0.3 is 0 Å². The number of hydrogen-bond donors (Lipinski definition) is 1. The second-order valence-corrected chi connectivity index (χ2v) is 9.41. The number of rotatable bonds is 17. The molecule has 0 bridgehead atoms. The Kier molecular flexibility index (Phi) is 14.3. The van der Waals surface area contributed by atoms with E-state index >= 15 is 0 Å². The van der Waals surface area contributed by atoms with Gasteiger partial charge in [0.25, 0.3) is 0 Å². The SMILES string of the molecule is CC=CC(=O)CCP(=O)(NCC(=O)C=CC)N(CCC(=O)CC)CCC(=O)CC. The summed E-state index contributed by atoms with van der Waals surface area (Å²) >= 11 is 0. The van der Waals surface area contributed by atoms with E-state index in [-0.39, 0.29) is 68.2 Å². The minimum Gasteiger partial charge on any atom is -0.300 e. The minimum atomic E-state index is -3.35. The van der Waals surface area contributed by atoms with Crippen LogP contribution in [0, 0.1) is 0 Å². The Balaban J connectivity index is 5.56. The summed E-state index contributed by atoms with van der Waals surface area (Å²) in [5.41, 5.74) is 0. The first-order chi connectivity index (χ1) is 13.7. The van der Waals surface area contributed by atoms with Gasteiger partial charge in [0.2, 0.25) is 7.44 Å². The van der Waals surface area contributed by atoms with Crippen LogP contribution in [0.1, 0.15) is 59.8 Å². The first-order valence-corrected chi connectivity index (χ1v) is 12.0. The zero-order valence-corrected chi connectivity index (χ0v) is 19.0. The van der Waals surface area contributed by atoms with Crippen molar-refractivity contribution < 1.29 is 23.7 Å². The Morgan fingerprint density at radius 1 is 0.828 bits per heavy atom. The van der Waals surface area contributed by atoms with Gasteiger partial charge in [-0.2, -0.15) is 0 Å². The largest absolute Gasteiger partial charge is 0.300 e. The molecule has 29 heavy (non-hydrogen) atoms. The lowest BCUT2D eigenvalue weighted by atomic mass is 10.2. The standard InChI is InChI=1S/C21H35N2O5P/c1-5-9-20(26)13-16-29(28,22-17-21(27)10-6-2)23(14-11-18(24)7-3)15-12-19(25)8-4/h5-6,9-10H,7-8,11-17H2,1-4H3,(H,22,28). The third-order valence-corrected chi connectivity index (χ3v) is 7.21. The van der Waals surface area contributed by atoms with Crippen LogP contribution < -0.4 is 5.09 Å². The zero-order chi connectivity index (χ0) is 22.3. The summed E-state index contributed by atoms with van der Waals surface area (Å²) < 4.78 is 15.4. The summed E-state index contributed by atoms with van der Waals surface area (Å²) in [5.74, 6) is -0.345. The fraction of sp³-hybridized carbons (Fsp3) is 0.619. The first-order valence-electron chi connectivity index (χ1n) is 10.2. The van der Waals surface area contributed by atoms with Crippen molar-refractivity contribution in [3.63, 3.8) is 0 Å². The van der Waals surface area contributed by atoms with Crippen LogP contribution in [0.3, 0.4) is 0 Å². The summed E-state index contributed by atoms with van der Waals surface area (Å²) in [4.78, 5) is 47.5. The molecule has 0 amide bonds. The molecule has 0 heterocycles. The van der Waals surface area contributed by atoms with E-state index in [1.807, 2.05) is 0 Å². The Labute approximate surface area is 174 Å². The van der Waals surface area contributed by atoms with E-state index in [2.05, 4.69) is 5.09 Å². The Morgan fingerprint density at radius 3 is 1.76 bits per heavy atom. The highest BCUT2D eigenvalue weighted by Crippen LogP contribution is 2.46. The molecule has 164 valence electrons. The van der Waals surface area contributed by atoms with Gasteiger partial charge in [0.1, 0.15) is 11.6 Å². The van der Waals surface area contributed by atoms with Crippen LogP contribution in [-0.4, -0.2) is 53.6 Å². The van der Waals surface area contributed by atoms with Crippen molar-refractivity contribution in [2.45, 2.75) is 59.8 Å². The molecular formula is C21H35N2O5P. The van der Waals surface area contributed by atoms with Crippen molar-refractivity contribution in [1.82, 2.24) is 9.76 Å². The van der Waals surface area contributed by atoms with Crippen LogP contribution in [0.25, 0.3) is 0 Å². The van der Waals surface area contributed by atoms with E-state index in [4.69, 9.17) is 0 Å². The van der Waals surface area contributed by atoms with Gasteiger partial charge in [-0.3, -0.25) is 23.7 Å². The lowest BCUT2D eigenvalue weighted by Gasteiger charge is -2.32. The van der Waals surface area contributed by atoms with E-state index < -0.39 is 7.44 Å². The molecular weight excluding hydrogens is 391 g/mol.